The largest absolute Gasteiger partial charge is 0.452 e. The van der Waals surface area contributed by atoms with Gasteiger partial charge in [-0.1, -0.05) is 17.7 Å². The van der Waals surface area contributed by atoms with E-state index in [9.17, 15) is 22.8 Å². The predicted octanol–water partition coefficient (Wildman–Crippen LogP) is 1.76. The second kappa shape index (κ2) is 6.47. The fourth-order valence-electron chi connectivity index (χ4n) is 1.17. The van der Waals surface area contributed by atoms with Crippen LogP contribution in [-0.4, -0.2) is 31.2 Å². The third-order valence-electron chi connectivity index (χ3n) is 2.07. The molecule has 0 bridgehead atoms. The van der Waals surface area contributed by atoms with E-state index in [1.54, 1.807) is 5.32 Å². The first-order chi connectivity index (χ1) is 9.20. The van der Waals surface area contributed by atoms with Crippen LogP contribution < -0.4 is 11.1 Å². The van der Waals surface area contributed by atoms with Crippen LogP contribution in [0.1, 0.15) is 10.4 Å². The monoisotopic (exact) mass is 310 g/mol. The van der Waals surface area contributed by atoms with Gasteiger partial charge >= 0.3 is 12.1 Å². The van der Waals surface area contributed by atoms with Crippen LogP contribution in [0.15, 0.2) is 18.2 Å². The van der Waals surface area contributed by atoms with Crippen molar-refractivity contribution in [3.8, 4) is 0 Å². The van der Waals surface area contributed by atoms with Crippen molar-refractivity contribution in [1.82, 2.24) is 5.32 Å². The molecule has 3 N–H and O–H groups in total. The van der Waals surface area contributed by atoms with E-state index < -0.39 is 31.2 Å². The zero-order valence-electron chi connectivity index (χ0n) is 9.96. The molecule has 0 atom stereocenters. The minimum absolute atomic E-state index is 0.0480. The van der Waals surface area contributed by atoms with Crippen molar-refractivity contribution >= 4 is 29.2 Å². The van der Waals surface area contributed by atoms with E-state index in [-0.39, 0.29) is 16.3 Å². The number of rotatable bonds is 4. The Kier molecular flexibility index (Phi) is 5.20. The van der Waals surface area contributed by atoms with Gasteiger partial charge in [-0.25, -0.2) is 4.79 Å². The highest BCUT2D eigenvalue weighted by atomic mass is 35.5. The van der Waals surface area contributed by atoms with Gasteiger partial charge in [0, 0.05) is 0 Å². The molecule has 9 heteroatoms. The van der Waals surface area contributed by atoms with Crippen LogP contribution in [0, 0.1) is 0 Å². The maximum atomic E-state index is 11.8. The Labute approximate surface area is 116 Å². The molecule has 1 rings (SSSR count). The number of nitrogen functional groups attached to an aromatic ring is 1. The maximum absolute atomic E-state index is 11.8. The number of ether oxygens (including phenoxy) is 1. The van der Waals surface area contributed by atoms with Crippen molar-refractivity contribution in [2.75, 3.05) is 18.9 Å². The summed E-state index contributed by atoms with van der Waals surface area (Å²) >= 11 is 5.75. The molecule has 0 unspecified atom stereocenters. The van der Waals surface area contributed by atoms with Gasteiger partial charge in [0.05, 0.1) is 16.3 Å². The van der Waals surface area contributed by atoms with E-state index in [0.29, 0.717) is 0 Å². The summed E-state index contributed by atoms with van der Waals surface area (Å²) in [5.74, 6) is -2.03. The molecule has 0 aromatic heterocycles. The van der Waals surface area contributed by atoms with E-state index in [1.165, 1.54) is 18.2 Å². The molecule has 0 heterocycles. The summed E-state index contributed by atoms with van der Waals surface area (Å²) in [6.07, 6.45) is -4.53. The van der Waals surface area contributed by atoms with E-state index in [0.717, 1.165) is 0 Å². The van der Waals surface area contributed by atoms with Crippen molar-refractivity contribution in [2.45, 2.75) is 6.18 Å². The fraction of sp³-hybridized carbons (Fsp3) is 0.273. The number of carbonyl (C=O) groups excluding carboxylic acids is 2. The molecule has 0 fully saturated rings. The zero-order valence-corrected chi connectivity index (χ0v) is 10.7. The average Bonchev–Trinajstić information content (AvgIpc) is 2.36. The SMILES string of the molecule is Nc1cccc(C(=O)OCC(=O)NCC(F)(F)F)c1Cl. The van der Waals surface area contributed by atoms with Gasteiger partial charge in [0.1, 0.15) is 6.54 Å². The number of halogens is 4. The van der Waals surface area contributed by atoms with Gasteiger partial charge in [-0.15, -0.1) is 0 Å². The summed E-state index contributed by atoms with van der Waals surface area (Å²) < 4.78 is 40.0. The minimum atomic E-state index is -4.53. The first-order valence-corrected chi connectivity index (χ1v) is 5.63. The second-order valence-corrected chi connectivity index (χ2v) is 4.05. The van der Waals surface area contributed by atoms with Crippen molar-refractivity contribution in [2.24, 2.45) is 0 Å². The van der Waals surface area contributed by atoms with Crippen LogP contribution in [0.25, 0.3) is 0 Å². The topological polar surface area (TPSA) is 81.4 Å². The lowest BCUT2D eigenvalue weighted by Crippen LogP contribution is -2.36. The van der Waals surface area contributed by atoms with Crippen molar-refractivity contribution in [1.29, 1.82) is 0 Å². The summed E-state index contributed by atoms with van der Waals surface area (Å²) in [4.78, 5) is 22.6. The standard InChI is InChI=1S/C11H10ClF3N2O3/c12-9-6(2-1-3-7(9)16)10(19)20-4-8(18)17-5-11(13,14)15/h1-3H,4-5,16H2,(H,17,18). The molecule has 5 nitrogen and oxygen atoms in total. The summed E-state index contributed by atoms with van der Waals surface area (Å²) in [6, 6.07) is 4.21. The minimum Gasteiger partial charge on any atom is -0.452 e. The Balaban J connectivity index is 2.51. The van der Waals surface area contributed by atoms with Gasteiger partial charge in [0.15, 0.2) is 6.61 Å². The smallest absolute Gasteiger partial charge is 0.405 e. The number of nitrogens with two attached hydrogens (primary N) is 1. The molecule has 1 aromatic carbocycles. The lowest BCUT2D eigenvalue weighted by atomic mass is 10.2. The number of benzene rings is 1. The molecule has 0 radical (unpaired) electrons. The summed E-state index contributed by atoms with van der Waals surface area (Å²) in [5, 5.41) is 1.51. The van der Waals surface area contributed by atoms with Crippen LogP contribution >= 0.6 is 11.6 Å². The Morgan fingerprint density at radius 3 is 2.60 bits per heavy atom. The number of esters is 1. The van der Waals surface area contributed by atoms with Gasteiger partial charge in [-0.3, -0.25) is 4.79 Å². The van der Waals surface area contributed by atoms with Crippen molar-refractivity contribution in [3.05, 3.63) is 28.8 Å². The number of anilines is 1. The Bertz CT molecular complexity index is 520. The van der Waals surface area contributed by atoms with E-state index in [1.807, 2.05) is 0 Å². The van der Waals surface area contributed by atoms with Crippen LogP contribution in [0.2, 0.25) is 5.02 Å². The first kappa shape index (κ1) is 16.1. The number of hydrogen-bond acceptors (Lipinski definition) is 4. The third-order valence-corrected chi connectivity index (χ3v) is 2.49. The molecule has 0 aliphatic carbocycles. The van der Waals surface area contributed by atoms with Gasteiger partial charge in [0.25, 0.3) is 5.91 Å². The normalized spacial score (nSPS) is 11.0. The lowest BCUT2D eigenvalue weighted by Gasteiger charge is -2.09. The number of hydrogen-bond donors (Lipinski definition) is 2. The number of alkyl halides is 3. The molecule has 0 spiro atoms. The van der Waals surface area contributed by atoms with E-state index in [2.05, 4.69) is 4.74 Å². The van der Waals surface area contributed by atoms with Crippen LogP contribution in [0.5, 0.6) is 0 Å². The third kappa shape index (κ3) is 4.96. The Hall–Kier alpha value is -1.96. The van der Waals surface area contributed by atoms with Gasteiger partial charge in [-0.05, 0) is 12.1 Å². The highest BCUT2D eigenvalue weighted by Gasteiger charge is 2.27. The molecular weight excluding hydrogens is 301 g/mol. The maximum Gasteiger partial charge on any atom is 0.405 e. The number of carbonyl (C=O) groups is 2. The van der Waals surface area contributed by atoms with Crippen molar-refractivity contribution < 1.29 is 27.5 Å². The lowest BCUT2D eigenvalue weighted by molar-refractivity contribution is -0.140. The number of nitrogens with one attached hydrogen (secondary N) is 1. The summed E-state index contributed by atoms with van der Waals surface area (Å²) in [6.45, 7) is -2.34. The average molecular weight is 311 g/mol. The van der Waals surface area contributed by atoms with Gasteiger partial charge < -0.3 is 15.8 Å². The Morgan fingerprint density at radius 2 is 2.00 bits per heavy atom. The molecule has 0 aliphatic heterocycles. The molecule has 0 saturated heterocycles. The van der Waals surface area contributed by atoms with Crippen molar-refractivity contribution in [3.63, 3.8) is 0 Å². The molecular formula is C11H10ClF3N2O3. The van der Waals surface area contributed by atoms with Crippen LogP contribution in [0.3, 0.4) is 0 Å². The molecule has 0 saturated carbocycles. The Morgan fingerprint density at radius 1 is 1.35 bits per heavy atom. The van der Waals surface area contributed by atoms with Gasteiger partial charge in [0.2, 0.25) is 0 Å². The molecule has 0 aliphatic rings. The number of amides is 1. The van der Waals surface area contributed by atoms with Crippen LogP contribution in [0.4, 0.5) is 18.9 Å². The van der Waals surface area contributed by atoms with Crippen LogP contribution in [-0.2, 0) is 9.53 Å². The highest BCUT2D eigenvalue weighted by molar-refractivity contribution is 6.36. The quantitative estimate of drug-likeness (QED) is 0.656. The van der Waals surface area contributed by atoms with E-state index in [4.69, 9.17) is 17.3 Å². The molecule has 1 aromatic rings. The first-order valence-electron chi connectivity index (χ1n) is 5.25. The molecule has 1 amide bonds. The second-order valence-electron chi connectivity index (χ2n) is 3.68. The van der Waals surface area contributed by atoms with E-state index >= 15 is 0 Å². The fourth-order valence-corrected chi connectivity index (χ4v) is 1.37. The highest BCUT2D eigenvalue weighted by Crippen LogP contribution is 2.23. The molecule has 20 heavy (non-hydrogen) atoms. The zero-order chi connectivity index (χ0) is 15.3. The predicted molar refractivity (Wildman–Crippen MR) is 65.2 cm³/mol. The molecule has 110 valence electrons. The van der Waals surface area contributed by atoms with Gasteiger partial charge in [-0.2, -0.15) is 13.2 Å². The summed E-state index contributed by atoms with van der Waals surface area (Å²) in [5.41, 5.74) is 5.53. The summed E-state index contributed by atoms with van der Waals surface area (Å²) in [7, 11) is 0.